The van der Waals surface area contributed by atoms with E-state index >= 15 is 0 Å². The highest BCUT2D eigenvalue weighted by molar-refractivity contribution is 8.00. The number of benzene rings is 4. The van der Waals surface area contributed by atoms with Crippen molar-refractivity contribution in [1.82, 2.24) is 10.2 Å². The highest BCUT2D eigenvalue weighted by atomic mass is 32.2. The van der Waals surface area contributed by atoms with Gasteiger partial charge in [-0.15, -0.1) is 10.2 Å². The maximum Gasteiger partial charge on any atom is 0.301 e. The van der Waals surface area contributed by atoms with E-state index in [1.54, 1.807) is 0 Å². The number of anilines is 1. The number of hydrogen-bond acceptors (Lipinski definition) is 7. The average molecular weight is 564 g/mol. The first kappa shape index (κ1) is 26.0. The number of Topliss-reactive ketones (excluding diaryl/α,β-unsaturated/α-hetero) is 1. The number of ketones is 1. The van der Waals surface area contributed by atoms with Gasteiger partial charge in [0.2, 0.25) is 5.13 Å². The fraction of sp³-hybridized carbons (Fsp3) is 0.125. The fourth-order valence-electron chi connectivity index (χ4n) is 5.03. The molecule has 1 N–H and O–H groups in total. The van der Waals surface area contributed by atoms with Crippen LogP contribution in [0.4, 0.5) is 5.13 Å². The number of carbonyl (C=O) groups excluding carboxylic acids is 2. The Morgan fingerprint density at radius 1 is 0.925 bits per heavy atom. The van der Waals surface area contributed by atoms with Gasteiger partial charge in [-0.3, -0.25) is 14.5 Å². The summed E-state index contributed by atoms with van der Waals surface area (Å²) in [6.45, 7) is 3.79. The summed E-state index contributed by atoms with van der Waals surface area (Å²) >= 11 is 2.80. The first-order valence-electron chi connectivity index (χ1n) is 12.8. The number of aliphatic hydroxyl groups excluding tert-OH is 1. The second kappa shape index (κ2) is 10.7. The van der Waals surface area contributed by atoms with Gasteiger partial charge < -0.3 is 5.11 Å². The lowest BCUT2D eigenvalue weighted by atomic mass is 9.93. The zero-order chi connectivity index (χ0) is 27.8. The Balaban J connectivity index is 1.37. The zero-order valence-electron chi connectivity index (χ0n) is 21.9. The van der Waals surface area contributed by atoms with Crippen molar-refractivity contribution >= 4 is 56.5 Å². The maximum atomic E-state index is 13.5. The van der Waals surface area contributed by atoms with E-state index in [1.807, 2.05) is 80.6 Å². The van der Waals surface area contributed by atoms with E-state index in [0.29, 0.717) is 26.4 Å². The van der Waals surface area contributed by atoms with Crippen LogP contribution in [0.15, 0.2) is 101 Å². The molecule has 0 radical (unpaired) electrons. The van der Waals surface area contributed by atoms with Gasteiger partial charge in [-0.2, -0.15) is 0 Å². The second-order valence-corrected chi connectivity index (χ2v) is 11.9. The van der Waals surface area contributed by atoms with Gasteiger partial charge >= 0.3 is 5.91 Å². The Morgan fingerprint density at radius 2 is 1.68 bits per heavy atom. The predicted molar refractivity (Wildman–Crippen MR) is 161 cm³/mol. The number of nitrogens with zero attached hydrogens (tertiary/aromatic N) is 3. The first-order chi connectivity index (χ1) is 19.4. The highest BCUT2D eigenvalue weighted by Gasteiger charge is 2.48. The van der Waals surface area contributed by atoms with Crippen molar-refractivity contribution in [2.45, 2.75) is 30.0 Å². The average Bonchev–Trinajstić information content (AvgIpc) is 3.55. The normalized spacial score (nSPS) is 16.6. The summed E-state index contributed by atoms with van der Waals surface area (Å²) in [5.41, 5.74) is 4.21. The third-order valence-electron chi connectivity index (χ3n) is 7.04. The third kappa shape index (κ3) is 4.69. The minimum atomic E-state index is -0.829. The van der Waals surface area contributed by atoms with Crippen LogP contribution in [0.3, 0.4) is 0 Å². The minimum absolute atomic E-state index is 0.0464. The molecule has 0 saturated carbocycles. The number of fused-ring (bicyclic) bond motifs is 1. The van der Waals surface area contributed by atoms with Crippen LogP contribution in [0.2, 0.25) is 0 Å². The Bertz CT molecular complexity index is 1790. The number of aryl methyl sites for hydroxylation is 2. The van der Waals surface area contributed by atoms with Crippen molar-refractivity contribution in [1.29, 1.82) is 0 Å². The highest BCUT2D eigenvalue weighted by Crippen LogP contribution is 2.44. The van der Waals surface area contributed by atoms with Crippen LogP contribution in [-0.4, -0.2) is 27.0 Å². The quantitative estimate of drug-likeness (QED) is 0.0772. The fourth-order valence-corrected chi connectivity index (χ4v) is 6.90. The van der Waals surface area contributed by atoms with Gasteiger partial charge in [0.15, 0.2) is 4.34 Å². The predicted octanol–water partition coefficient (Wildman–Crippen LogP) is 7.23. The molecule has 1 aromatic heterocycles. The van der Waals surface area contributed by atoms with Crippen LogP contribution in [0.5, 0.6) is 0 Å². The molecule has 6 rings (SSSR count). The van der Waals surface area contributed by atoms with E-state index in [0.717, 1.165) is 11.1 Å². The van der Waals surface area contributed by atoms with Crippen LogP contribution in [-0.2, 0) is 15.3 Å². The molecule has 4 aromatic carbocycles. The molecule has 1 aliphatic rings. The molecule has 2 heterocycles. The Morgan fingerprint density at radius 3 is 2.50 bits per heavy atom. The number of aromatic nitrogens is 2. The van der Waals surface area contributed by atoms with Gasteiger partial charge in [0.1, 0.15) is 5.76 Å². The summed E-state index contributed by atoms with van der Waals surface area (Å²) in [7, 11) is 0. The van der Waals surface area contributed by atoms with Crippen LogP contribution in [0.1, 0.15) is 33.9 Å². The molecule has 0 bridgehead atoms. The third-order valence-corrected chi connectivity index (χ3v) is 9.15. The molecule has 1 fully saturated rings. The van der Waals surface area contributed by atoms with Crippen molar-refractivity contribution in [3.05, 3.63) is 124 Å². The molecule has 1 atom stereocenters. The number of carbonyl (C=O) groups is 2. The van der Waals surface area contributed by atoms with Gasteiger partial charge in [-0.05, 0) is 47.4 Å². The molecule has 0 spiro atoms. The van der Waals surface area contributed by atoms with Crippen LogP contribution < -0.4 is 4.90 Å². The molecule has 1 aliphatic heterocycles. The molecule has 0 aliphatic carbocycles. The van der Waals surface area contributed by atoms with E-state index in [-0.39, 0.29) is 11.3 Å². The summed E-state index contributed by atoms with van der Waals surface area (Å²) in [6.07, 6.45) is 0. The first-order valence-corrected chi connectivity index (χ1v) is 14.6. The standard InChI is InChI=1S/C32H25N3O3S2/c1-19-15-16-20(2)25(17-19)28(36)26-27(22-10-4-3-5-11-22)35(30(38)29(26)37)31-33-34-32(40-31)39-18-23-13-8-12-21-9-6-7-14-24(21)23/h3-17,27,36H,18H2,1-2H3/b28-26+. The van der Waals surface area contributed by atoms with E-state index in [1.165, 1.54) is 44.3 Å². The maximum absolute atomic E-state index is 13.5. The number of rotatable bonds is 6. The topological polar surface area (TPSA) is 83.4 Å². The summed E-state index contributed by atoms with van der Waals surface area (Å²) in [4.78, 5) is 28.3. The van der Waals surface area contributed by atoms with Gasteiger partial charge in [-0.25, -0.2) is 0 Å². The van der Waals surface area contributed by atoms with Crippen molar-refractivity contribution in [2.24, 2.45) is 0 Å². The molecular formula is C32H25N3O3S2. The van der Waals surface area contributed by atoms with Crippen molar-refractivity contribution in [3.63, 3.8) is 0 Å². The summed E-state index contributed by atoms with van der Waals surface area (Å²) in [5, 5.41) is 22.8. The zero-order valence-corrected chi connectivity index (χ0v) is 23.5. The Hall–Kier alpha value is -4.27. The molecule has 1 saturated heterocycles. The smallest absolute Gasteiger partial charge is 0.301 e. The molecule has 40 heavy (non-hydrogen) atoms. The molecular weight excluding hydrogens is 539 g/mol. The molecule has 6 nitrogen and oxygen atoms in total. The lowest BCUT2D eigenvalue weighted by Gasteiger charge is -2.22. The number of aliphatic hydroxyl groups is 1. The Kier molecular flexibility index (Phi) is 6.96. The second-order valence-electron chi connectivity index (χ2n) is 9.68. The summed E-state index contributed by atoms with van der Waals surface area (Å²) in [6, 6.07) is 28.5. The molecule has 5 aromatic rings. The van der Waals surface area contributed by atoms with Crippen molar-refractivity contribution < 1.29 is 14.7 Å². The van der Waals surface area contributed by atoms with E-state index < -0.39 is 17.7 Å². The van der Waals surface area contributed by atoms with E-state index in [2.05, 4.69) is 34.5 Å². The van der Waals surface area contributed by atoms with E-state index in [4.69, 9.17) is 0 Å². The number of amides is 1. The Labute approximate surface area is 240 Å². The largest absolute Gasteiger partial charge is 0.507 e. The number of thioether (sulfide) groups is 1. The van der Waals surface area contributed by atoms with Gasteiger partial charge in [0, 0.05) is 11.3 Å². The van der Waals surface area contributed by atoms with Crippen molar-refractivity contribution in [2.75, 3.05) is 4.90 Å². The minimum Gasteiger partial charge on any atom is -0.507 e. The van der Waals surface area contributed by atoms with Gasteiger partial charge in [-0.1, -0.05) is 114 Å². The lowest BCUT2D eigenvalue weighted by Crippen LogP contribution is -2.29. The molecule has 198 valence electrons. The van der Waals surface area contributed by atoms with E-state index in [9.17, 15) is 14.7 Å². The number of hydrogen-bond donors (Lipinski definition) is 1. The molecule has 8 heteroatoms. The lowest BCUT2D eigenvalue weighted by molar-refractivity contribution is -0.132. The summed E-state index contributed by atoms with van der Waals surface area (Å²) in [5.74, 6) is -0.982. The molecule has 1 amide bonds. The van der Waals surface area contributed by atoms with Crippen molar-refractivity contribution in [3.8, 4) is 0 Å². The summed E-state index contributed by atoms with van der Waals surface area (Å²) < 4.78 is 0.686. The van der Waals surface area contributed by atoms with Crippen LogP contribution in [0, 0.1) is 13.8 Å². The van der Waals surface area contributed by atoms with Gasteiger partial charge in [0.25, 0.3) is 5.78 Å². The van der Waals surface area contributed by atoms with Crippen LogP contribution in [0.25, 0.3) is 16.5 Å². The monoisotopic (exact) mass is 563 g/mol. The molecule has 1 unspecified atom stereocenters. The van der Waals surface area contributed by atoms with Gasteiger partial charge in [0.05, 0.1) is 11.6 Å². The van der Waals surface area contributed by atoms with Crippen LogP contribution >= 0.6 is 23.1 Å². The SMILES string of the molecule is Cc1ccc(C)c(/C(O)=C2\C(=O)C(=O)N(c3nnc(SCc4cccc5ccccc45)s3)C2c2ccccc2)c1.